The number of halogens is 3. The number of alkyl halides is 3. The molecule has 2 amide bonds. The Bertz CT molecular complexity index is 792. The average molecular weight is 386 g/mol. The maximum Gasteiger partial charge on any atom is 0.418 e. The number of carbonyl (C=O) groups is 2. The molecule has 0 spiro atoms. The van der Waals surface area contributed by atoms with Crippen LogP contribution in [0.2, 0.25) is 0 Å². The highest BCUT2D eigenvalue weighted by molar-refractivity contribution is 7.09. The minimum Gasteiger partial charge on any atom is -0.328 e. The molecule has 0 aliphatic rings. The number of benzene rings is 1. The van der Waals surface area contributed by atoms with Gasteiger partial charge in [-0.05, 0) is 19.1 Å². The summed E-state index contributed by atoms with van der Waals surface area (Å²) in [6.07, 6.45) is -4.59. The Balaban J connectivity index is 2.09. The number of hydrogen-bond donors (Lipinski definition) is 2. The fourth-order valence-corrected chi connectivity index (χ4v) is 2.84. The first-order valence-corrected chi connectivity index (χ1v) is 8.54. The lowest BCUT2D eigenvalue weighted by molar-refractivity contribution is -0.137. The molecule has 6 nitrogen and oxygen atoms in total. The molecule has 1 aromatic carbocycles. The molecule has 0 aliphatic carbocycles. The zero-order valence-corrected chi connectivity index (χ0v) is 14.7. The molecule has 0 unspecified atom stereocenters. The van der Waals surface area contributed by atoms with Crippen LogP contribution in [0.25, 0.3) is 0 Å². The lowest BCUT2D eigenvalue weighted by Gasteiger charge is -2.20. The summed E-state index contributed by atoms with van der Waals surface area (Å²) in [7, 11) is 0. The fourth-order valence-electron chi connectivity index (χ4n) is 2.19. The summed E-state index contributed by atoms with van der Waals surface area (Å²) in [4.78, 5) is 29.8. The quantitative estimate of drug-likeness (QED) is 0.799. The molecule has 0 radical (unpaired) electrons. The van der Waals surface area contributed by atoms with Crippen molar-refractivity contribution in [3.05, 3.63) is 45.9 Å². The number of amides is 2. The summed E-state index contributed by atoms with van der Waals surface area (Å²) >= 11 is 1.22. The van der Waals surface area contributed by atoms with Gasteiger partial charge in [0.15, 0.2) is 0 Å². The third kappa shape index (κ3) is 4.79. The molecule has 0 bridgehead atoms. The molecule has 0 aliphatic heterocycles. The minimum absolute atomic E-state index is 0.154. The van der Waals surface area contributed by atoms with Crippen molar-refractivity contribution in [1.29, 1.82) is 0 Å². The molecule has 0 saturated carbocycles. The summed E-state index contributed by atoms with van der Waals surface area (Å²) < 4.78 is 38.9. The highest BCUT2D eigenvalue weighted by Gasteiger charge is 2.33. The van der Waals surface area contributed by atoms with Gasteiger partial charge < -0.3 is 16.0 Å². The van der Waals surface area contributed by atoms with E-state index in [4.69, 9.17) is 5.73 Å². The Morgan fingerprint density at radius 3 is 2.58 bits per heavy atom. The Morgan fingerprint density at radius 1 is 1.31 bits per heavy atom. The van der Waals surface area contributed by atoms with Gasteiger partial charge in [0.25, 0.3) is 5.91 Å². The van der Waals surface area contributed by atoms with Crippen molar-refractivity contribution < 1.29 is 22.8 Å². The molecule has 2 rings (SSSR count). The number of para-hydroxylation sites is 1. The molecule has 26 heavy (non-hydrogen) atoms. The standard InChI is InChI=1S/C16H17F3N4O2S/c1-2-23(15(25)12-9-26-14(7-20)22-12)8-13(24)21-11-6-4-3-5-10(11)16(17,18)19/h3-6,9H,2,7-8,20H2,1H3,(H,21,24). The number of likely N-dealkylation sites (N-methyl/N-ethyl adjacent to an activating group) is 1. The first-order chi connectivity index (χ1) is 12.3. The number of anilines is 1. The second-order valence-corrected chi connectivity index (χ2v) is 6.18. The third-order valence-corrected chi connectivity index (χ3v) is 4.33. The van der Waals surface area contributed by atoms with E-state index in [1.807, 2.05) is 0 Å². The van der Waals surface area contributed by atoms with Gasteiger partial charge in [0.1, 0.15) is 17.2 Å². The van der Waals surface area contributed by atoms with E-state index in [1.165, 1.54) is 33.7 Å². The van der Waals surface area contributed by atoms with Crippen LogP contribution in [0.15, 0.2) is 29.6 Å². The van der Waals surface area contributed by atoms with Crippen LogP contribution in [0.3, 0.4) is 0 Å². The van der Waals surface area contributed by atoms with Crippen LogP contribution >= 0.6 is 11.3 Å². The average Bonchev–Trinajstić information content (AvgIpc) is 3.07. The lowest BCUT2D eigenvalue weighted by Crippen LogP contribution is -2.38. The van der Waals surface area contributed by atoms with Crippen LogP contribution in [0.1, 0.15) is 28.0 Å². The van der Waals surface area contributed by atoms with Crippen LogP contribution in [-0.4, -0.2) is 34.8 Å². The van der Waals surface area contributed by atoms with E-state index in [9.17, 15) is 22.8 Å². The van der Waals surface area contributed by atoms with Gasteiger partial charge in [-0.25, -0.2) is 4.98 Å². The maximum atomic E-state index is 13.0. The number of hydrogen-bond acceptors (Lipinski definition) is 5. The largest absolute Gasteiger partial charge is 0.418 e. The smallest absolute Gasteiger partial charge is 0.328 e. The van der Waals surface area contributed by atoms with Gasteiger partial charge in [-0.3, -0.25) is 9.59 Å². The number of rotatable bonds is 6. The second kappa shape index (κ2) is 8.28. The monoisotopic (exact) mass is 386 g/mol. The Labute approximate surface area is 151 Å². The summed E-state index contributed by atoms with van der Waals surface area (Å²) in [5.74, 6) is -1.21. The number of nitrogens with two attached hydrogens (primary N) is 1. The fraction of sp³-hybridized carbons (Fsp3) is 0.312. The molecular weight excluding hydrogens is 369 g/mol. The van der Waals surface area contributed by atoms with Gasteiger partial charge in [-0.2, -0.15) is 13.2 Å². The Morgan fingerprint density at radius 2 is 2.00 bits per heavy atom. The van der Waals surface area contributed by atoms with E-state index >= 15 is 0 Å². The van der Waals surface area contributed by atoms with Crippen LogP contribution < -0.4 is 11.1 Å². The normalized spacial score (nSPS) is 11.3. The van der Waals surface area contributed by atoms with Crippen LogP contribution in [0.4, 0.5) is 18.9 Å². The van der Waals surface area contributed by atoms with Crippen LogP contribution in [0, 0.1) is 0 Å². The molecule has 0 saturated heterocycles. The van der Waals surface area contributed by atoms with Crippen LogP contribution in [0.5, 0.6) is 0 Å². The minimum atomic E-state index is -4.59. The van der Waals surface area contributed by atoms with E-state index in [0.29, 0.717) is 5.01 Å². The molecule has 3 N–H and O–H groups in total. The van der Waals surface area contributed by atoms with Crippen molar-refractivity contribution in [1.82, 2.24) is 9.88 Å². The number of thiazole rings is 1. The van der Waals surface area contributed by atoms with E-state index in [-0.39, 0.29) is 24.5 Å². The second-order valence-electron chi connectivity index (χ2n) is 5.24. The lowest BCUT2D eigenvalue weighted by atomic mass is 10.1. The molecule has 10 heteroatoms. The van der Waals surface area contributed by atoms with E-state index in [2.05, 4.69) is 10.3 Å². The molecule has 0 fully saturated rings. The van der Waals surface area contributed by atoms with Gasteiger partial charge in [0.2, 0.25) is 5.91 Å². The third-order valence-electron chi connectivity index (χ3n) is 3.46. The van der Waals surface area contributed by atoms with Crippen molar-refractivity contribution in [2.45, 2.75) is 19.6 Å². The van der Waals surface area contributed by atoms with Crippen molar-refractivity contribution in [3.8, 4) is 0 Å². The van der Waals surface area contributed by atoms with E-state index in [1.54, 1.807) is 6.92 Å². The highest BCUT2D eigenvalue weighted by Crippen LogP contribution is 2.34. The van der Waals surface area contributed by atoms with Crippen molar-refractivity contribution in [2.24, 2.45) is 5.73 Å². The van der Waals surface area contributed by atoms with E-state index < -0.39 is 30.1 Å². The van der Waals surface area contributed by atoms with Crippen molar-refractivity contribution in [3.63, 3.8) is 0 Å². The molecule has 1 aromatic heterocycles. The van der Waals surface area contributed by atoms with Crippen molar-refractivity contribution >= 4 is 28.8 Å². The first kappa shape index (κ1) is 19.9. The number of nitrogens with one attached hydrogen (secondary N) is 1. The summed E-state index contributed by atoms with van der Waals surface area (Å²) in [5.41, 5.74) is 4.31. The Hall–Kier alpha value is -2.46. The predicted octanol–water partition coefficient (Wildman–Crippen LogP) is 2.72. The predicted molar refractivity (Wildman–Crippen MR) is 91.7 cm³/mol. The van der Waals surface area contributed by atoms with E-state index in [0.717, 1.165) is 12.1 Å². The van der Waals surface area contributed by atoms with Gasteiger partial charge in [-0.1, -0.05) is 12.1 Å². The van der Waals surface area contributed by atoms with Gasteiger partial charge in [0, 0.05) is 18.5 Å². The van der Waals surface area contributed by atoms with Gasteiger partial charge in [0.05, 0.1) is 11.3 Å². The molecular formula is C16H17F3N4O2S. The Kier molecular flexibility index (Phi) is 6.32. The SMILES string of the molecule is CCN(CC(=O)Nc1ccccc1C(F)(F)F)C(=O)c1csc(CN)n1. The number of carbonyl (C=O) groups excluding carboxylic acids is 2. The highest BCUT2D eigenvalue weighted by atomic mass is 32.1. The topological polar surface area (TPSA) is 88.3 Å². The molecule has 2 aromatic rings. The summed E-state index contributed by atoms with van der Waals surface area (Å²) in [5, 5.41) is 4.32. The number of aromatic nitrogens is 1. The maximum absolute atomic E-state index is 13.0. The zero-order chi connectivity index (χ0) is 19.3. The molecule has 140 valence electrons. The molecule has 0 atom stereocenters. The van der Waals surface area contributed by atoms with Gasteiger partial charge in [-0.15, -0.1) is 11.3 Å². The van der Waals surface area contributed by atoms with Crippen molar-refractivity contribution in [2.75, 3.05) is 18.4 Å². The first-order valence-electron chi connectivity index (χ1n) is 7.66. The zero-order valence-electron chi connectivity index (χ0n) is 13.8. The number of nitrogens with zero attached hydrogens (tertiary/aromatic N) is 2. The summed E-state index contributed by atoms with van der Waals surface area (Å²) in [6.45, 7) is 1.66. The van der Waals surface area contributed by atoms with Gasteiger partial charge >= 0.3 is 6.18 Å². The van der Waals surface area contributed by atoms with Crippen LogP contribution in [-0.2, 0) is 17.5 Å². The molecule has 1 heterocycles. The summed E-state index contributed by atoms with van der Waals surface area (Å²) in [6, 6.07) is 4.66.